The predicted octanol–water partition coefficient (Wildman–Crippen LogP) is -12.0. The molecule has 0 fully saturated rings. The molecule has 0 atom stereocenters. The van der Waals surface area contributed by atoms with Crippen molar-refractivity contribution in [3.05, 3.63) is 0 Å². The molecule has 0 N–H and O–H groups in total. The molecule has 0 aromatic carbocycles. The normalized spacial score (nSPS) is 0. The van der Waals surface area contributed by atoms with E-state index in [1.807, 2.05) is 0 Å². The molecular weight excluding hydrogens is 694 g/mol. The van der Waals surface area contributed by atoms with Gasteiger partial charge in [0, 0.05) is 20.4 Å². The van der Waals surface area contributed by atoms with Gasteiger partial charge < -0.3 is 95.9 Å². The summed E-state index contributed by atoms with van der Waals surface area (Å²) < 4.78 is 0. The monoisotopic (exact) mass is 695 g/mol. The molecule has 0 saturated heterocycles. The van der Waals surface area contributed by atoms with E-state index < -0.39 is 0 Å². The van der Waals surface area contributed by atoms with E-state index in [9.17, 15) is 0 Å². The van der Waals surface area contributed by atoms with Crippen LogP contribution >= 0.6 is 0 Å². The first-order valence-electron chi connectivity index (χ1n) is 0. The quantitative estimate of drug-likeness (QED) is 0.222. The van der Waals surface area contributed by atoms with Crippen LogP contribution in [0.5, 0.6) is 0 Å². The van der Waals surface area contributed by atoms with Gasteiger partial charge in [-0.2, -0.15) is 0 Å². The van der Waals surface area contributed by atoms with Gasteiger partial charge in [-0.15, -0.1) is 0 Å². The van der Waals surface area contributed by atoms with Crippen LogP contribution in [0.15, 0.2) is 0 Å². The van der Waals surface area contributed by atoms with Gasteiger partial charge in [0.1, 0.15) is 0 Å². The largest absolute Gasteiger partial charge is 1.00 e. The van der Waals surface area contributed by atoms with Gasteiger partial charge in [-0.25, -0.2) is 0 Å². The van der Waals surface area contributed by atoms with Crippen LogP contribution in [0.2, 0.25) is 0 Å². The van der Waals surface area contributed by atoms with Crippen LogP contribution in [-0.2, 0) is 20.4 Å². The van der Waals surface area contributed by atoms with Crippen LogP contribution in [0.4, 0.5) is 0 Å². The molecule has 0 aliphatic carbocycles. The average molecular weight is 694 g/mol. The predicted molar refractivity (Wildman–Crippen MR) is 0 cm³/mol. The van der Waals surface area contributed by atoms with E-state index in [-0.39, 0.29) is 116 Å². The van der Waals surface area contributed by atoms with Gasteiger partial charge in [0.05, 0.1) is 0 Å². The summed E-state index contributed by atoms with van der Waals surface area (Å²) in [7, 11) is 0. The average Bonchev–Trinajstić information content (AvgIpc) is 0. The second kappa shape index (κ2) is 25.6. The summed E-state index contributed by atoms with van der Waals surface area (Å²) in [6, 6.07) is 0. The summed E-state index contributed by atoms with van der Waals surface area (Å²) in [5.74, 6) is 0. The molecule has 0 bridgehead atoms. The minimum Gasteiger partial charge on any atom is -1.00 e. The maximum Gasteiger partial charge on any atom is 0 e. The van der Waals surface area contributed by atoms with Gasteiger partial charge in [-0.3, -0.25) is 0 Å². The number of rotatable bonds is 0. The molecule has 0 aromatic rings. The Labute approximate surface area is 114 Å². The van der Waals surface area contributed by atoms with E-state index in [0.29, 0.717) is 0 Å². The topological polar surface area (TPSA) is 0 Å². The summed E-state index contributed by atoms with van der Waals surface area (Å²) in [5, 5.41) is 0. The molecule has 0 nitrogen and oxygen atoms in total. The third kappa shape index (κ3) is 18.4. The van der Waals surface area contributed by atoms with E-state index in [1.165, 1.54) is 0 Å². The smallest absolute Gasteiger partial charge is 0 e. The molecule has 0 heterocycles. The Morgan fingerprint density at radius 2 is 0.400 bits per heavy atom. The molecule has 39 valence electrons. The van der Waals surface area contributed by atoms with E-state index in [1.54, 1.807) is 0 Å². The third-order valence-electron chi connectivity index (χ3n) is 0. The SMILES string of the molecule is [I-].[I-].[I-].[I-].[Re]. The molecule has 0 unspecified atom stereocenters. The fourth-order valence-corrected chi connectivity index (χ4v) is 0. The Morgan fingerprint density at radius 3 is 0.400 bits per heavy atom. The van der Waals surface area contributed by atoms with Gasteiger partial charge in [0.2, 0.25) is 0 Å². The minimum atomic E-state index is 0. The molecule has 0 rings (SSSR count). The molecule has 5 heavy (non-hydrogen) atoms. The molecular formula is I4Re-4. The van der Waals surface area contributed by atoms with E-state index in [2.05, 4.69) is 0 Å². The fourth-order valence-electron chi connectivity index (χ4n) is 0. The molecule has 0 aliphatic heterocycles. The van der Waals surface area contributed by atoms with Crippen molar-refractivity contribution < 1.29 is 116 Å². The van der Waals surface area contributed by atoms with Gasteiger partial charge in [0.15, 0.2) is 0 Å². The summed E-state index contributed by atoms with van der Waals surface area (Å²) in [4.78, 5) is 0. The molecule has 0 saturated carbocycles. The minimum absolute atomic E-state index is 0. The van der Waals surface area contributed by atoms with Crippen molar-refractivity contribution in [1.29, 1.82) is 0 Å². The zero-order chi connectivity index (χ0) is 0. The number of halogens is 4. The third-order valence-corrected chi connectivity index (χ3v) is 0. The van der Waals surface area contributed by atoms with Crippen LogP contribution < -0.4 is 95.9 Å². The van der Waals surface area contributed by atoms with Gasteiger partial charge in [-0.1, -0.05) is 0 Å². The van der Waals surface area contributed by atoms with Crippen LogP contribution in [-0.4, -0.2) is 0 Å². The van der Waals surface area contributed by atoms with E-state index in [0.717, 1.165) is 0 Å². The summed E-state index contributed by atoms with van der Waals surface area (Å²) in [6.45, 7) is 0. The van der Waals surface area contributed by atoms with Crippen LogP contribution in [0, 0.1) is 0 Å². The molecule has 0 aromatic heterocycles. The molecule has 0 spiro atoms. The van der Waals surface area contributed by atoms with E-state index in [4.69, 9.17) is 0 Å². The van der Waals surface area contributed by atoms with Gasteiger partial charge in [-0.05, 0) is 0 Å². The Kier molecular flexibility index (Phi) is 197. The first-order chi connectivity index (χ1) is 0. The Balaban J connectivity index is 0. The van der Waals surface area contributed by atoms with Gasteiger partial charge in [0.25, 0.3) is 0 Å². The Bertz CT molecular complexity index is 3.61. The maximum atomic E-state index is 0. The van der Waals surface area contributed by atoms with Crippen LogP contribution in [0.3, 0.4) is 0 Å². The fraction of sp³-hybridized carbons (Fsp3) is 0. The van der Waals surface area contributed by atoms with Crippen LogP contribution in [0.25, 0.3) is 0 Å². The number of hydrogen-bond acceptors (Lipinski definition) is 0. The molecule has 5 heteroatoms. The second-order valence-electron chi connectivity index (χ2n) is 0. The van der Waals surface area contributed by atoms with Crippen molar-refractivity contribution in [2.75, 3.05) is 0 Å². The van der Waals surface area contributed by atoms with Crippen LogP contribution in [0.1, 0.15) is 0 Å². The zero-order valence-corrected chi connectivity index (χ0v) is 13.2. The van der Waals surface area contributed by atoms with Crippen molar-refractivity contribution in [2.24, 2.45) is 0 Å². The molecule has 0 aliphatic rings. The second-order valence-corrected chi connectivity index (χ2v) is 0. The van der Waals surface area contributed by atoms with Crippen molar-refractivity contribution in [3.8, 4) is 0 Å². The van der Waals surface area contributed by atoms with E-state index >= 15 is 0 Å². The first kappa shape index (κ1) is 38.4. The standard InChI is InChI=1S/4HI.Re/h4*1H;/p-4. The first-order valence-corrected chi connectivity index (χ1v) is 0. The van der Waals surface area contributed by atoms with Crippen molar-refractivity contribution in [1.82, 2.24) is 0 Å². The molecule has 0 amide bonds. The summed E-state index contributed by atoms with van der Waals surface area (Å²) in [6.07, 6.45) is 0. The van der Waals surface area contributed by atoms with Crippen molar-refractivity contribution in [3.63, 3.8) is 0 Å². The summed E-state index contributed by atoms with van der Waals surface area (Å²) >= 11 is 0. The Morgan fingerprint density at radius 1 is 0.400 bits per heavy atom. The molecule has 1 radical (unpaired) electrons. The number of hydrogen-bond donors (Lipinski definition) is 0. The van der Waals surface area contributed by atoms with Crippen molar-refractivity contribution >= 4 is 0 Å². The maximum absolute atomic E-state index is 0. The zero-order valence-electron chi connectivity index (χ0n) is 1.89. The summed E-state index contributed by atoms with van der Waals surface area (Å²) in [5.41, 5.74) is 0. The van der Waals surface area contributed by atoms with Crippen molar-refractivity contribution in [2.45, 2.75) is 0 Å². The Hall–Kier alpha value is 3.58. The van der Waals surface area contributed by atoms with Gasteiger partial charge >= 0.3 is 0 Å².